The molecule has 1 aromatic carbocycles. The van der Waals surface area contributed by atoms with Gasteiger partial charge in [-0.15, -0.1) is 6.58 Å². The van der Waals surface area contributed by atoms with Crippen LogP contribution in [0.5, 0.6) is 0 Å². The second kappa shape index (κ2) is 6.62. The lowest BCUT2D eigenvalue weighted by atomic mass is 10.1. The van der Waals surface area contributed by atoms with Crippen molar-refractivity contribution in [2.45, 2.75) is 13.3 Å². The summed E-state index contributed by atoms with van der Waals surface area (Å²) < 4.78 is 0. The third-order valence-corrected chi connectivity index (χ3v) is 2.25. The number of nitrogens with one attached hydrogen (secondary N) is 1. The molecule has 1 aromatic rings. The van der Waals surface area contributed by atoms with Gasteiger partial charge in [-0.1, -0.05) is 30.3 Å². The van der Waals surface area contributed by atoms with Crippen LogP contribution in [0.25, 0.3) is 6.08 Å². The maximum atomic E-state index is 11.4. The minimum atomic E-state index is -0.0647. The van der Waals surface area contributed by atoms with Gasteiger partial charge in [-0.05, 0) is 30.5 Å². The summed E-state index contributed by atoms with van der Waals surface area (Å²) in [7, 11) is 0. The number of hydrogen-bond donors (Lipinski definition) is 1. The molecule has 2 heteroatoms. The van der Waals surface area contributed by atoms with Gasteiger partial charge in [0.2, 0.25) is 5.91 Å². The maximum Gasteiger partial charge on any atom is 0.244 e. The highest BCUT2D eigenvalue weighted by Gasteiger charge is 1.95. The molecule has 2 nitrogen and oxygen atoms in total. The third kappa shape index (κ3) is 4.13. The van der Waals surface area contributed by atoms with Crippen molar-refractivity contribution in [3.8, 4) is 0 Å². The summed E-state index contributed by atoms with van der Waals surface area (Å²) >= 11 is 0. The largest absolute Gasteiger partial charge is 0.352 e. The zero-order chi connectivity index (χ0) is 11.8. The first-order chi connectivity index (χ1) is 7.74. The average Bonchev–Trinajstić information content (AvgIpc) is 2.28. The van der Waals surface area contributed by atoms with Crippen LogP contribution in [-0.4, -0.2) is 12.5 Å². The highest BCUT2D eigenvalue weighted by molar-refractivity contribution is 5.91. The molecule has 0 aromatic heterocycles. The van der Waals surface area contributed by atoms with E-state index in [0.717, 1.165) is 17.5 Å². The molecular formula is C14H17NO. The van der Waals surface area contributed by atoms with E-state index in [0.29, 0.717) is 6.54 Å². The van der Waals surface area contributed by atoms with E-state index < -0.39 is 0 Å². The van der Waals surface area contributed by atoms with Crippen molar-refractivity contribution in [1.82, 2.24) is 5.32 Å². The SMILES string of the molecule is C=CCCNC(=O)/C=C/c1ccccc1C. The zero-order valence-electron chi connectivity index (χ0n) is 9.57. The number of carbonyl (C=O) groups is 1. The van der Waals surface area contributed by atoms with Crippen molar-refractivity contribution in [3.63, 3.8) is 0 Å². The van der Waals surface area contributed by atoms with Gasteiger partial charge < -0.3 is 5.32 Å². The van der Waals surface area contributed by atoms with E-state index in [-0.39, 0.29) is 5.91 Å². The summed E-state index contributed by atoms with van der Waals surface area (Å²) in [6.45, 7) is 6.26. The van der Waals surface area contributed by atoms with Gasteiger partial charge in [0.05, 0.1) is 0 Å². The van der Waals surface area contributed by atoms with Crippen LogP contribution in [0, 0.1) is 6.92 Å². The molecular weight excluding hydrogens is 198 g/mol. The van der Waals surface area contributed by atoms with E-state index in [9.17, 15) is 4.79 Å². The Kier molecular flexibility index (Phi) is 5.06. The number of aryl methyl sites for hydroxylation is 1. The third-order valence-electron chi connectivity index (χ3n) is 2.25. The lowest BCUT2D eigenvalue weighted by Gasteiger charge is -2.00. The number of benzene rings is 1. The van der Waals surface area contributed by atoms with Gasteiger partial charge in [-0.3, -0.25) is 4.79 Å². The van der Waals surface area contributed by atoms with Crippen molar-refractivity contribution in [2.24, 2.45) is 0 Å². The molecule has 1 rings (SSSR count). The quantitative estimate of drug-likeness (QED) is 0.456. The summed E-state index contributed by atoms with van der Waals surface area (Å²) in [5.74, 6) is -0.0647. The van der Waals surface area contributed by atoms with Crippen molar-refractivity contribution in [3.05, 3.63) is 54.1 Å². The molecule has 0 atom stereocenters. The van der Waals surface area contributed by atoms with Crippen LogP contribution < -0.4 is 5.32 Å². The molecule has 0 aliphatic carbocycles. The molecule has 16 heavy (non-hydrogen) atoms. The lowest BCUT2D eigenvalue weighted by molar-refractivity contribution is -0.116. The Labute approximate surface area is 96.7 Å². The Balaban J connectivity index is 2.50. The first-order valence-electron chi connectivity index (χ1n) is 5.36. The Morgan fingerprint density at radius 2 is 2.19 bits per heavy atom. The Bertz CT molecular complexity index is 393. The van der Waals surface area contributed by atoms with E-state index in [1.807, 2.05) is 37.3 Å². The van der Waals surface area contributed by atoms with E-state index >= 15 is 0 Å². The van der Waals surface area contributed by atoms with Crippen molar-refractivity contribution < 1.29 is 4.79 Å². The van der Waals surface area contributed by atoms with Crippen molar-refractivity contribution in [1.29, 1.82) is 0 Å². The Morgan fingerprint density at radius 1 is 1.44 bits per heavy atom. The number of amides is 1. The average molecular weight is 215 g/mol. The van der Waals surface area contributed by atoms with Crippen LogP contribution in [0.15, 0.2) is 43.0 Å². The maximum absolute atomic E-state index is 11.4. The topological polar surface area (TPSA) is 29.1 Å². The molecule has 0 saturated heterocycles. The van der Waals surface area contributed by atoms with Gasteiger partial charge in [0.25, 0.3) is 0 Å². The minimum Gasteiger partial charge on any atom is -0.352 e. The van der Waals surface area contributed by atoms with Crippen LogP contribution in [-0.2, 0) is 4.79 Å². The summed E-state index contributed by atoms with van der Waals surface area (Å²) in [6, 6.07) is 7.96. The smallest absolute Gasteiger partial charge is 0.244 e. The molecule has 0 bridgehead atoms. The van der Waals surface area contributed by atoms with E-state index in [2.05, 4.69) is 11.9 Å². The summed E-state index contributed by atoms with van der Waals surface area (Å²) in [4.78, 5) is 11.4. The van der Waals surface area contributed by atoms with E-state index in [1.54, 1.807) is 12.2 Å². The van der Waals surface area contributed by atoms with Gasteiger partial charge in [0.15, 0.2) is 0 Å². The molecule has 1 amide bonds. The molecule has 1 N–H and O–H groups in total. The standard InChI is InChI=1S/C14H17NO/c1-3-4-11-15-14(16)10-9-13-8-6-5-7-12(13)2/h3,5-10H,1,4,11H2,2H3,(H,15,16)/b10-9+. The van der Waals surface area contributed by atoms with Crippen molar-refractivity contribution in [2.75, 3.05) is 6.54 Å². The lowest BCUT2D eigenvalue weighted by Crippen LogP contribution is -2.21. The summed E-state index contributed by atoms with van der Waals surface area (Å²) in [6.07, 6.45) is 5.97. The van der Waals surface area contributed by atoms with Crippen LogP contribution in [0.1, 0.15) is 17.5 Å². The monoisotopic (exact) mass is 215 g/mol. The second-order valence-corrected chi connectivity index (χ2v) is 3.56. The van der Waals surface area contributed by atoms with Gasteiger partial charge in [0.1, 0.15) is 0 Å². The predicted octanol–water partition coefficient (Wildman–Crippen LogP) is 2.70. The number of carbonyl (C=O) groups excluding carboxylic acids is 1. The highest BCUT2D eigenvalue weighted by Crippen LogP contribution is 2.08. The van der Waals surface area contributed by atoms with Gasteiger partial charge in [0, 0.05) is 12.6 Å². The number of hydrogen-bond acceptors (Lipinski definition) is 1. The van der Waals surface area contributed by atoms with Crippen LogP contribution >= 0.6 is 0 Å². The van der Waals surface area contributed by atoms with Gasteiger partial charge in [-0.2, -0.15) is 0 Å². The van der Waals surface area contributed by atoms with E-state index in [4.69, 9.17) is 0 Å². The molecule has 0 spiro atoms. The van der Waals surface area contributed by atoms with Crippen LogP contribution in [0.2, 0.25) is 0 Å². The molecule has 0 aliphatic heterocycles. The fourth-order valence-electron chi connectivity index (χ4n) is 1.30. The Hall–Kier alpha value is -1.83. The van der Waals surface area contributed by atoms with Crippen molar-refractivity contribution >= 4 is 12.0 Å². The Morgan fingerprint density at radius 3 is 2.88 bits per heavy atom. The normalized spacial score (nSPS) is 10.3. The van der Waals surface area contributed by atoms with Gasteiger partial charge >= 0.3 is 0 Å². The fourth-order valence-corrected chi connectivity index (χ4v) is 1.30. The molecule has 0 saturated carbocycles. The molecule has 0 heterocycles. The van der Waals surface area contributed by atoms with Gasteiger partial charge in [-0.25, -0.2) is 0 Å². The number of rotatable bonds is 5. The van der Waals surface area contributed by atoms with Crippen LogP contribution in [0.3, 0.4) is 0 Å². The molecule has 0 unspecified atom stereocenters. The van der Waals surface area contributed by atoms with E-state index in [1.165, 1.54) is 0 Å². The molecule has 0 aliphatic rings. The summed E-state index contributed by atoms with van der Waals surface area (Å²) in [5, 5.41) is 2.78. The van der Waals surface area contributed by atoms with Crippen LogP contribution in [0.4, 0.5) is 0 Å². The second-order valence-electron chi connectivity index (χ2n) is 3.56. The minimum absolute atomic E-state index is 0.0647. The fraction of sp³-hybridized carbons (Fsp3) is 0.214. The highest BCUT2D eigenvalue weighted by atomic mass is 16.1. The molecule has 0 radical (unpaired) electrons. The first kappa shape index (κ1) is 12.2. The first-order valence-corrected chi connectivity index (χ1v) is 5.36. The molecule has 0 fully saturated rings. The zero-order valence-corrected chi connectivity index (χ0v) is 9.57. The predicted molar refractivity (Wildman–Crippen MR) is 68.0 cm³/mol. The molecule has 84 valence electrons. The summed E-state index contributed by atoms with van der Waals surface area (Å²) in [5.41, 5.74) is 2.24.